The van der Waals surface area contributed by atoms with Crippen molar-refractivity contribution in [1.29, 1.82) is 0 Å². The Kier molecular flexibility index (Phi) is 7.71. The smallest absolute Gasteiger partial charge is 0.323 e. The number of pyridine rings is 1. The van der Waals surface area contributed by atoms with Crippen molar-refractivity contribution < 1.29 is 28.9 Å². The molecule has 0 unspecified atom stereocenters. The minimum atomic E-state index is -0.561. The van der Waals surface area contributed by atoms with Crippen molar-refractivity contribution in [2.45, 2.75) is 43.6 Å². The molecule has 4 N–H and O–H groups in total. The summed E-state index contributed by atoms with van der Waals surface area (Å²) in [6.45, 7) is 0.183. The third kappa shape index (κ3) is 5.87. The fourth-order valence-corrected chi connectivity index (χ4v) is 4.91. The highest BCUT2D eigenvalue weighted by Gasteiger charge is 2.46. The average molecular weight is 519 g/mol. The van der Waals surface area contributed by atoms with E-state index >= 15 is 0 Å². The molecule has 4 atom stereocenters. The van der Waals surface area contributed by atoms with Crippen LogP contribution >= 0.6 is 0 Å². The van der Waals surface area contributed by atoms with Crippen molar-refractivity contribution in [3.63, 3.8) is 0 Å². The number of aromatic nitrogens is 1. The van der Waals surface area contributed by atoms with E-state index in [-0.39, 0.29) is 43.1 Å². The van der Waals surface area contributed by atoms with Gasteiger partial charge in [0.25, 0.3) is 0 Å². The van der Waals surface area contributed by atoms with E-state index in [0.29, 0.717) is 35.8 Å². The Balaban J connectivity index is 1.22. The molecule has 1 aromatic heterocycles. The van der Waals surface area contributed by atoms with E-state index in [1.54, 1.807) is 49.8 Å². The lowest BCUT2D eigenvalue weighted by molar-refractivity contribution is -0.142. The van der Waals surface area contributed by atoms with Crippen LogP contribution in [0.1, 0.15) is 29.9 Å². The molecule has 38 heavy (non-hydrogen) atoms. The fraction of sp³-hybridized carbons (Fsp3) is 0.321. The first-order chi connectivity index (χ1) is 18.5. The first-order valence-electron chi connectivity index (χ1n) is 12.5. The number of carbonyl (C=O) groups is 2. The maximum absolute atomic E-state index is 12.6. The number of benzene rings is 2. The van der Waals surface area contributed by atoms with Crippen molar-refractivity contribution in [2.75, 3.05) is 24.4 Å². The molecule has 0 saturated carbocycles. The van der Waals surface area contributed by atoms with Crippen LogP contribution in [0.15, 0.2) is 67.0 Å². The standard InChI is InChI=1S/C28H30N4O6/c1-36-20-5-2-18(3-6-20)31-28(35)32-19-4-7-24-22(12-19)23-13-21(37-25(16-33)27(23)38-24)14-26(34)30-15-17-8-10-29-11-9-17/h2-12,21,23,25,27,33H,13-16H2,1H3,(H,30,34)(H2,31,32,35)/t21-,23-,25+,27+/m1/s1. The quantitative estimate of drug-likeness (QED) is 0.359. The van der Waals surface area contributed by atoms with E-state index in [1.807, 2.05) is 24.3 Å². The number of nitrogens with one attached hydrogen (secondary N) is 3. The molecule has 10 heteroatoms. The number of urea groups is 1. The van der Waals surface area contributed by atoms with Crippen LogP contribution in [0.5, 0.6) is 11.5 Å². The minimum Gasteiger partial charge on any atom is -0.497 e. The summed E-state index contributed by atoms with van der Waals surface area (Å²) < 4.78 is 17.3. The third-order valence-electron chi connectivity index (χ3n) is 6.76. The van der Waals surface area contributed by atoms with Gasteiger partial charge in [0.15, 0.2) is 0 Å². The number of nitrogens with zero attached hydrogens (tertiary/aromatic N) is 1. The van der Waals surface area contributed by atoms with Gasteiger partial charge >= 0.3 is 6.03 Å². The SMILES string of the molecule is COc1ccc(NC(=O)Nc2ccc3c(c2)[C@H]2C[C@H](CC(=O)NCc4ccncc4)O[C@@H](CO)[C@H]2O3)cc1. The predicted octanol–water partition coefficient (Wildman–Crippen LogP) is 3.44. The summed E-state index contributed by atoms with van der Waals surface area (Å²) in [5.74, 6) is 1.17. The van der Waals surface area contributed by atoms with Crippen LogP contribution in [-0.2, 0) is 16.1 Å². The number of amides is 3. The van der Waals surface area contributed by atoms with Crippen LogP contribution in [0, 0.1) is 0 Å². The molecule has 0 radical (unpaired) electrons. The zero-order valence-electron chi connectivity index (χ0n) is 20.9. The molecule has 1 fully saturated rings. The van der Waals surface area contributed by atoms with Gasteiger partial charge in [0.2, 0.25) is 5.91 Å². The van der Waals surface area contributed by atoms with Gasteiger partial charge in [-0.15, -0.1) is 0 Å². The van der Waals surface area contributed by atoms with Crippen LogP contribution in [0.4, 0.5) is 16.2 Å². The van der Waals surface area contributed by atoms with Gasteiger partial charge in [-0.25, -0.2) is 4.79 Å². The van der Waals surface area contributed by atoms with Gasteiger partial charge in [-0.1, -0.05) is 0 Å². The molecule has 3 heterocycles. The second kappa shape index (κ2) is 11.5. The van der Waals surface area contributed by atoms with Gasteiger partial charge in [-0.3, -0.25) is 9.78 Å². The molecule has 2 aliphatic heterocycles. The van der Waals surface area contributed by atoms with E-state index in [0.717, 1.165) is 11.1 Å². The largest absolute Gasteiger partial charge is 0.497 e. The van der Waals surface area contributed by atoms with Crippen LogP contribution in [0.2, 0.25) is 0 Å². The van der Waals surface area contributed by atoms with Gasteiger partial charge in [0.1, 0.15) is 23.7 Å². The number of aliphatic hydroxyl groups is 1. The summed E-state index contributed by atoms with van der Waals surface area (Å²) in [7, 11) is 1.58. The summed E-state index contributed by atoms with van der Waals surface area (Å²) >= 11 is 0. The number of hydrogen-bond donors (Lipinski definition) is 4. The van der Waals surface area contributed by atoms with Crippen molar-refractivity contribution in [3.05, 3.63) is 78.1 Å². The van der Waals surface area contributed by atoms with Crippen molar-refractivity contribution in [2.24, 2.45) is 0 Å². The second-order valence-electron chi connectivity index (χ2n) is 9.30. The molecule has 2 aliphatic rings. The summed E-state index contributed by atoms with van der Waals surface area (Å²) in [6, 6.07) is 15.8. The molecule has 3 aromatic rings. The maximum atomic E-state index is 12.6. The summed E-state index contributed by atoms with van der Waals surface area (Å²) in [6.07, 6.45) is 2.78. The fourth-order valence-electron chi connectivity index (χ4n) is 4.91. The lowest BCUT2D eigenvalue weighted by Gasteiger charge is -2.37. The van der Waals surface area contributed by atoms with Crippen LogP contribution < -0.4 is 25.4 Å². The van der Waals surface area contributed by atoms with Crippen molar-refractivity contribution >= 4 is 23.3 Å². The maximum Gasteiger partial charge on any atom is 0.323 e. The number of ether oxygens (including phenoxy) is 3. The lowest BCUT2D eigenvalue weighted by atomic mass is 9.84. The molecule has 0 bridgehead atoms. The molecule has 10 nitrogen and oxygen atoms in total. The highest BCUT2D eigenvalue weighted by Crippen LogP contribution is 2.47. The zero-order valence-corrected chi connectivity index (χ0v) is 20.9. The van der Waals surface area contributed by atoms with Gasteiger partial charge in [-0.05, 0) is 66.6 Å². The minimum absolute atomic E-state index is 0.0831. The van der Waals surface area contributed by atoms with Crippen LogP contribution in [-0.4, -0.2) is 54.1 Å². The molecular weight excluding hydrogens is 488 g/mol. The number of carbonyl (C=O) groups excluding carboxylic acids is 2. The topological polar surface area (TPSA) is 131 Å². The van der Waals surface area contributed by atoms with Gasteiger partial charge in [0.05, 0.1) is 26.2 Å². The van der Waals surface area contributed by atoms with Crippen LogP contribution in [0.25, 0.3) is 0 Å². The molecule has 5 rings (SSSR count). The first-order valence-corrected chi connectivity index (χ1v) is 12.5. The monoisotopic (exact) mass is 518 g/mol. The molecule has 3 amide bonds. The number of hydrogen-bond acceptors (Lipinski definition) is 7. The number of methoxy groups -OCH3 is 1. The van der Waals surface area contributed by atoms with Crippen LogP contribution in [0.3, 0.4) is 0 Å². The Bertz CT molecular complexity index is 1270. The number of anilines is 2. The summed E-state index contributed by atoms with van der Waals surface area (Å²) in [4.78, 5) is 29.2. The molecular formula is C28H30N4O6. The molecule has 0 aliphatic carbocycles. The molecule has 198 valence electrons. The highest BCUT2D eigenvalue weighted by atomic mass is 16.6. The predicted molar refractivity (Wildman–Crippen MR) is 140 cm³/mol. The highest BCUT2D eigenvalue weighted by molar-refractivity contribution is 5.99. The molecule has 1 saturated heterocycles. The van der Waals surface area contributed by atoms with E-state index in [1.165, 1.54) is 0 Å². The van der Waals surface area contributed by atoms with Gasteiger partial charge in [-0.2, -0.15) is 0 Å². The molecule has 2 aromatic carbocycles. The van der Waals surface area contributed by atoms with E-state index in [4.69, 9.17) is 14.2 Å². The van der Waals surface area contributed by atoms with E-state index in [2.05, 4.69) is 20.9 Å². The summed E-state index contributed by atoms with van der Waals surface area (Å²) in [5.41, 5.74) is 3.12. The van der Waals surface area contributed by atoms with Gasteiger partial charge in [0, 0.05) is 41.8 Å². The number of aliphatic hydroxyl groups excluding tert-OH is 1. The third-order valence-corrected chi connectivity index (χ3v) is 6.76. The Morgan fingerprint density at radius 3 is 2.53 bits per heavy atom. The first kappa shape index (κ1) is 25.5. The Labute approximate surface area is 220 Å². The number of fused-ring (bicyclic) bond motifs is 3. The number of rotatable bonds is 8. The van der Waals surface area contributed by atoms with E-state index < -0.39 is 6.10 Å². The molecule has 0 spiro atoms. The van der Waals surface area contributed by atoms with Crippen molar-refractivity contribution in [3.8, 4) is 11.5 Å². The average Bonchev–Trinajstić information content (AvgIpc) is 3.30. The van der Waals surface area contributed by atoms with E-state index in [9.17, 15) is 14.7 Å². The zero-order chi connectivity index (χ0) is 26.5. The lowest BCUT2D eigenvalue weighted by Crippen LogP contribution is -2.47. The Morgan fingerprint density at radius 2 is 1.79 bits per heavy atom. The van der Waals surface area contributed by atoms with Crippen molar-refractivity contribution in [1.82, 2.24) is 10.3 Å². The Hall–Kier alpha value is -4.15. The Morgan fingerprint density at radius 1 is 1.05 bits per heavy atom. The normalized spacial score (nSPS) is 21.4. The summed E-state index contributed by atoms with van der Waals surface area (Å²) in [5, 5.41) is 18.6. The van der Waals surface area contributed by atoms with Gasteiger partial charge < -0.3 is 35.3 Å². The second-order valence-corrected chi connectivity index (χ2v) is 9.30.